The molecule has 0 aliphatic carbocycles. The Bertz CT molecular complexity index is 305. The van der Waals surface area contributed by atoms with Crippen LogP contribution in [0, 0.1) is 12.8 Å². The lowest BCUT2D eigenvalue weighted by Gasteiger charge is -2.17. The molecule has 1 rings (SSSR count). The van der Waals surface area contributed by atoms with Gasteiger partial charge in [-0.25, -0.2) is 9.97 Å². The minimum absolute atomic E-state index is 0.524. The van der Waals surface area contributed by atoms with E-state index >= 15 is 0 Å². The lowest BCUT2D eigenvalue weighted by atomic mass is 10.2. The maximum atomic E-state index is 5.87. The molecule has 3 nitrogen and oxygen atoms in total. The molecule has 4 heteroatoms. The standard InChI is InChI=1S/C11H18ClN3/c1-8(2)6-15(4)7-11-13-9(3)5-10(12)14-11/h5,8H,6-7H2,1-4H3. The first-order valence-electron chi connectivity index (χ1n) is 5.16. The monoisotopic (exact) mass is 227 g/mol. The zero-order valence-corrected chi connectivity index (χ0v) is 10.5. The highest BCUT2D eigenvalue weighted by Gasteiger charge is 2.06. The predicted octanol–water partition coefficient (Wildman–Crippen LogP) is 2.53. The van der Waals surface area contributed by atoms with Crippen LogP contribution in [-0.4, -0.2) is 28.5 Å². The summed E-state index contributed by atoms with van der Waals surface area (Å²) in [6.07, 6.45) is 0. The van der Waals surface area contributed by atoms with Crippen LogP contribution in [0.5, 0.6) is 0 Å². The van der Waals surface area contributed by atoms with Gasteiger partial charge in [-0.05, 0) is 26.0 Å². The summed E-state index contributed by atoms with van der Waals surface area (Å²) in [6.45, 7) is 8.11. The second-order valence-corrected chi connectivity index (χ2v) is 4.73. The van der Waals surface area contributed by atoms with E-state index in [1.807, 2.05) is 6.92 Å². The van der Waals surface area contributed by atoms with Crippen molar-refractivity contribution in [2.75, 3.05) is 13.6 Å². The van der Waals surface area contributed by atoms with Gasteiger partial charge in [-0.15, -0.1) is 0 Å². The Kier molecular flexibility index (Phi) is 4.48. The zero-order chi connectivity index (χ0) is 11.4. The van der Waals surface area contributed by atoms with Crippen molar-refractivity contribution in [2.24, 2.45) is 5.92 Å². The number of hydrogen-bond acceptors (Lipinski definition) is 3. The third-order valence-electron chi connectivity index (χ3n) is 1.96. The van der Waals surface area contributed by atoms with Crippen molar-refractivity contribution in [3.8, 4) is 0 Å². The SMILES string of the molecule is Cc1cc(Cl)nc(CN(C)CC(C)C)n1. The van der Waals surface area contributed by atoms with Gasteiger partial charge in [0, 0.05) is 12.2 Å². The molecular formula is C11H18ClN3. The molecule has 15 heavy (non-hydrogen) atoms. The summed E-state index contributed by atoms with van der Waals surface area (Å²) < 4.78 is 0. The molecule has 0 N–H and O–H groups in total. The molecule has 0 aliphatic rings. The van der Waals surface area contributed by atoms with Gasteiger partial charge in [0.1, 0.15) is 11.0 Å². The van der Waals surface area contributed by atoms with E-state index in [9.17, 15) is 0 Å². The fourth-order valence-corrected chi connectivity index (χ4v) is 1.84. The van der Waals surface area contributed by atoms with Crippen LogP contribution in [0.2, 0.25) is 5.15 Å². The van der Waals surface area contributed by atoms with E-state index in [2.05, 4.69) is 35.8 Å². The fraction of sp³-hybridized carbons (Fsp3) is 0.636. The van der Waals surface area contributed by atoms with E-state index in [1.165, 1.54) is 0 Å². The molecule has 0 spiro atoms. The van der Waals surface area contributed by atoms with Gasteiger partial charge in [0.25, 0.3) is 0 Å². The molecule has 0 saturated heterocycles. The third kappa shape index (κ3) is 4.58. The number of aryl methyl sites for hydroxylation is 1. The van der Waals surface area contributed by atoms with Gasteiger partial charge in [0.05, 0.1) is 6.54 Å². The van der Waals surface area contributed by atoms with Crippen molar-refractivity contribution < 1.29 is 0 Å². The number of aromatic nitrogens is 2. The van der Waals surface area contributed by atoms with Crippen molar-refractivity contribution in [1.82, 2.24) is 14.9 Å². The maximum absolute atomic E-state index is 5.87. The Morgan fingerprint density at radius 2 is 2.07 bits per heavy atom. The van der Waals surface area contributed by atoms with Crippen LogP contribution in [0.3, 0.4) is 0 Å². The van der Waals surface area contributed by atoms with E-state index < -0.39 is 0 Å². The van der Waals surface area contributed by atoms with Crippen LogP contribution in [-0.2, 0) is 6.54 Å². The van der Waals surface area contributed by atoms with Crippen molar-refractivity contribution in [1.29, 1.82) is 0 Å². The van der Waals surface area contributed by atoms with Crippen molar-refractivity contribution in [3.05, 3.63) is 22.7 Å². The second kappa shape index (κ2) is 5.42. The topological polar surface area (TPSA) is 29.0 Å². The molecule has 1 heterocycles. The van der Waals surface area contributed by atoms with Crippen molar-refractivity contribution >= 4 is 11.6 Å². The Labute approximate surface area is 96.5 Å². The highest BCUT2D eigenvalue weighted by Crippen LogP contribution is 2.08. The Hall–Kier alpha value is -0.670. The molecule has 0 aliphatic heterocycles. The number of halogens is 1. The summed E-state index contributed by atoms with van der Waals surface area (Å²) in [7, 11) is 2.07. The molecule has 0 atom stereocenters. The minimum Gasteiger partial charge on any atom is -0.299 e. The molecule has 0 aromatic carbocycles. The highest BCUT2D eigenvalue weighted by molar-refractivity contribution is 6.29. The molecule has 0 fully saturated rings. The summed E-state index contributed by atoms with van der Waals surface area (Å²) in [6, 6.07) is 1.77. The van der Waals surface area contributed by atoms with Gasteiger partial charge in [0.2, 0.25) is 0 Å². The zero-order valence-electron chi connectivity index (χ0n) is 9.79. The molecule has 0 bridgehead atoms. The molecular weight excluding hydrogens is 210 g/mol. The number of rotatable bonds is 4. The first-order chi connectivity index (χ1) is 6.97. The molecule has 0 amide bonds. The highest BCUT2D eigenvalue weighted by atomic mass is 35.5. The van der Waals surface area contributed by atoms with Gasteiger partial charge in [-0.3, -0.25) is 4.90 Å². The average Bonchev–Trinajstić information content (AvgIpc) is 1.98. The van der Waals surface area contributed by atoms with Gasteiger partial charge in [-0.1, -0.05) is 25.4 Å². The lowest BCUT2D eigenvalue weighted by Crippen LogP contribution is -2.24. The summed E-state index contributed by atoms with van der Waals surface area (Å²) in [4.78, 5) is 10.7. The van der Waals surface area contributed by atoms with E-state index in [1.54, 1.807) is 6.07 Å². The summed E-state index contributed by atoms with van der Waals surface area (Å²) >= 11 is 5.87. The minimum atomic E-state index is 0.524. The van der Waals surface area contributed by atoms with E-state index in [4.69, 9.17) is 11.6 Å². The van der Waals surface area contributed by atoms with Gasteiger partial charge in [0.15, 0.2) is 0 Å². The smallest absolute Gasteiger partial charge is 0.144 e. The number of nitrogens with zero attached hydrogens (tertiary/aromatic N) is 3. The largest absolute Gasteiger partial charge is 0.299 e. The van der Waals surface area contributed by atoms with E-state index in [0.29, 0.717) is 11.1 Å². The molecule has 0 unspecified atom stereocenters. The second-order valence-electron chi connectivity index (χ2n) is 4.34. The maximum Gasteiger partial charge on any atom is 0.144 e. The summed E-state index contributed by atoms with van der Waals surface area (Å²) in [5.74, 6) is 1.44. The predicted molar refractivity (Wildman–Crippen MR) is 63.0 cm³/mol. The summed E-state index contributed by atoms with van der Waals surface area (Å²) in [5.41, 5.74) is 0.919. The Morgan fingerprint density at radius 3 is 2.60 bits per heavy atom. The van der Waals surface area contributed by atoms with E-state index in [0.717, 1.165) is 24.6 Å². The van der Waals surface area contributed by atoms with Crippen LogP contribution in [0.15, 0.2) is 6.07 Å². The fourth-order valence-electron chi connectivity index (χ4n) is 1.59. The Balaban J connectivity index is 2.63. The lowest BCUT2D eigenvalue weighted by molar-refractivity contribution is 0.281. The van der Waals surface area contributed by atoms with Crippen molar-refractivity contribution in [2.45, 2.75) is 27.3 Å². The van der Waals surface area contributed by atoms with Crippen LogP contribution >= 0.6 is 11.6 Å². The summed E-state index contributed by atoms with van der Waals surface area (Å²) in [5, 5.41) is 0.524. The first kappa shape index (κ1) is 12.4. The van der Waals surface area contributed by atoms with E-state index in [-0.39, 0.29) is 0 Å². The molecule has 84 valence electrons. The number of hydrogen-bond donors (Lipinski definition) is 0. The van der Waals surface area contributed by atoms with Gasteiger partial charge < -0.3 is 0 Å². The first-order valence-corrected chi connectivity index (χ1v) is 5.53. The van der Waals surface area contributed by atoms with Crippen molar-refractivity contribution in [3.63, 3.8) is 0 Å². The molecule has 1 aromatic rings. The normalized spacial score (nSPS) is 11.4. The van der Waals surface area contributed by atoms with Crippen LogP contribution in [0.4, 0.5) is 0 Å². The average molecular weight is 228 g/mol. The van der Waals surface area contributed by atoms with Crippen LogP contribution in [0.1, 0.15) is 25.4 Å². The molecule has 1 aromatic heterocycles. The van der Waals surface area contributed by atoms with Crippen LogP contribution < -0.4 is 0 Å². The molecule has 0 saturated carbocycles. The van der Waals surface area contributed by atoms with Gasteiger partial charge in [-0.2, -0.15) is 0 Å². The quantitative estimate of drug-likeness (QED) is 0.741. The molecule has 0 radical (unpaired) electrons. The van der Waals surface area contributed by atoms with Gasteiger partial charge >= 0.3 is 0 Å². The third-order valence-corrected chi connectivity index (χ3v) is 2.15. The Morgan fingerprint density at radius 1 is 1.40 bits per heavy atom. The van der Waals surface area contributed by atoms with Crippen LogP contribution in [0.25, 0.3) is 0 Å².